The van der Waals surface area contributed by atoms with Crippen LogP contribution in [0.4, 0.5) is 5.69 Å². The number of nitrogens with zero attached hydrogens (tertiary/aromatic N) is 2. The van der Waals surface area contributed by atoms with Gasteiger partial charge in [-0.15, -0.1) is 6.42 Å². The average Bonchev–Trinajstić information content (AvgIpc) is 2.82. The Bertz CT molecular complexity index is 1180. The standard InChI is InChI=1S/C24H19N3O4/c1-4-15-9-8-12-17(13-15)27-21(24(29)31-3)20(23(28)30-2)19(18(14-25)22(27)26)16-10-6-5-7-11-16/h1,5-13,19H,26H2,2-3H3. The van der Waals surface area contributed by atoms with Crippen LogP contribution in [-0.4, -0.2) is 26.2 Å². The number of nitriles is 1. The second-order valence-corrected chi connectivity index (χ2v) is 6.53. The first-order valence-electron chi connectivity index (χ1n) is 9.20. The number of anilines is 1. The van der Waals surface area contributed by atoms with E-state index in [0.717, 1.165) is 0 Å². The molecule has 0 aromatic heterocycles. The van der Waals surface area contributed by atoms with E-state index in [1.807, 2.05) is 0 Å². The van der Waals surface area contributed by atoms with Crippen LogP contribution in [0.3, 0.4) is 0 Å². The van der Waals surface area contributed by atoms with Crippen molar-refractivity contribution in [3.8, 4) is 18.4 Å². The number of methoxy groups -OCH3 is 2. The van der Waals surface area contributed by atoms with Gasteiger partial charge in [-0.05, 0) is 23.8 Å². The summed E-state index contributed by atoms with van der Waals surface area (Å²) in [5.41, 5.74) is 7.82. The summed E-state index contributed by atoms with van der Waals surface area (Å²) in [7, 11) is 2.39. The van der Waals surface area contributed by atoms with E-state index in [-0.39, 0.29) is 22.7 Å². The Kier molecular flexibility index (Phi) is 6.09. The summed E-state index contributed by atoms with van der Waals surface area (Å²) in [6.45, 7) is 0. The molecule has 1 aliphatic heterocycles. The summed E-state index contributed by atoms with van der Waals surface area (Å²) in [6, 6.07) is 17.5. The lowest BCUT2D eigenvalue weighted by Gasteiger charge is -2.35. The minimum atomic E-state index is -0.917. The van der Waals surface area contributed by atoms with Crippen LogP contribution < -0.4 is 10.6 Å². The highest BCUT2D eigenvalue weighted by Crippen LogP contribution is 2.43. The molecule has 0 saturated carbocycles. The number of terminal acetylenes is 1. The Balaban J connectivity index is 2.42. The third kappa shape index (κ3) is 3.73. The van der Waals surface area contributed by atoms with Crippen LogP contribution in [-0.2, 0) is 19.1 Å². The van der Waals surface area contributed by atoms with Crippen molar-refractivity contribution in [2.45, 2.75) is 5.92 Å². The molecule has 0 amide bonds. The lowest BCUT2D eigenvalue weighted by atomic mass is 9.81. The normalized spacial score (nSPS) is 15.7. The number of hydrogen-bond acceptors (Lipinski definition) is 7. The van der Waals surface area contributed by atoms with Crippen molar-refractivity contribution in [3.63, 3.8) is 0 Å². The van der Waals surface area contributed by atoms with Gasteiger partial charge in [0.2, 0.25) is 0 Å². The van der Waals surface area contributed by atoms with Gasteiger partial charge in [0.15, 0.2) is 0 Å². The monoisotopic (exact) mass is 413 g/mol. The van der Waals surface area contributed by atoms with Crippen molar-refractivity contribution in [1.82, 2.24) is 0 Å². The van der Waals surface area contributed by atoms with Crippen molar-refractivity contribution in [2.75, 3.05) is 19.1 Å². The highest BCUT2D eigenvalue weighted by Gasteiger charge is 2.42. The summed E-state index contributed by atoms with van der Waals surface area (Å²) >= 11 is 0. The molecule has 2 N–H and O–H groups in total. The zero-order valence-electron chi connectivity index (χ0n) is 17.0. The highest BCUT2D eigenvalue weighted by atomic mass is 16.5. The molecule has 154 valence electrons. The average molecular weight is 413 g/mol. The van der Waals surface area contributed by atoms with Gasteiger partial charge in [0.1, 0.15) is 11.5 Å². The molecule has 0 spiro atoms. The maximum atomic E-state index is 12.9. The topological polar surface area (TPSA) is 106 Å². The Morgan fingerprint density at radius 3 is 2.32 bits per heavy atom. The van der Waals surface area contributed by atoms with Gasteiger partial charge < -0.3 is 15.2 Å². The van der Waals surface area contributed by atoms with Gasteiger partial charge in [-0.1, -0.05) is 42.3 Å². The smallest absolute Gasteiger partial charge is 0.355 e. The molecule has 0 saturated heterocycles. The first-order chi connectivity index (χ1) is 15.0. The van der Waals surface area contributed by atoms with Crippen LogP contribution >= 0.6 is 0 Å². The molecular weight excluding hydrogens is 394 g/mol. The number of carbonyl (C=O) groups excluding carboxylic acids is 2. The molecule has 0 fully saturated rings. The molecule has 2 aromatic rings. The lowest BCUT2D eigenvalue weighted by molar-refractivity contribution is -0.139. The van der Waals surface area contributed by atoms with Crippen molar-refractivity contribution >= 4 is 17.6 Å². The second-order valence-electron chi connectivity index (χ2n) is 6.53. The van der Waals surface area contributed by atoms with Gasteiger partial charge in [0.25, 0.3) is 0 Å². The Morgan fingerprint density at radius 1 is 1.06 bits per heavy atom. The van der Waals surface area contributed by atoms with Crippen LogP contribution in [0.25, 0.3) is 0 Å². The van der Waals surface area contributed by atoms with E-state index in [1.54, 1.807) is 54.6 Å². The molecule has 0 radical (unpaired) electrons. The third-order valence-electron chi connectivity index (χ3n) is 4.88. The number of esters is 2. The summed E-state index contributed by atoms with van der Waals surface area (Å²) in [4.78, 5) is 27.2. The number of allylic oxidation sites excluding steroid dienone is 1. The number of nitrogens with two attached hydrogens (primary N) is 1. The molecule has 31 heavy (non-hydrogen) atoms. The van der Waals surface area contributed by atoms with E-state index >= 15 is 0 Å². The predicted octanol–water partition coefficient (Wildman–Crippen LogP) is 2.57. The number of carbonyl (C=O) groups is 2. The molecule has 0 bridgehead atoms. The van der Waals surface area contributed by atoms with E-state index in [2.05, 4.69) is 12.0 Å². The van der Waals surface area contributed by atoms with Gasteiger partial charge in [-0.2, -0.15) is 5.26 Å². The van der Waals surface area contributed by atoms with Crippen LogP contribution in [0, 0.1) is 23.7 Å². The van der Waals surface area contributed by atoms with Gasteiger partial charge >= 0.3 is 11.9 Å². The predicted molar refractivity (Wildman–Crippen MR) is 114 cm³/mol. The lowest BCUT2D eigenvalue weighted by Crippen LogP contribution is -2.40. The molecule has 7 nitrogen and oxygen atoms in total. The fourth-order valence-electron chi connectivity index (χ4n) is 3.52. The summed E-state index contributed by atoms with van der Waals surface area (Å²) in [5.74, 6) is -0.0174. The highest BCUT2D eigenvalue weighted by molar-refractivity contribution is 6.06. The van der Waals surface area contributed by atoms with E-state index in [4.69, 9.17) is 21.6 Å². The molecular formula is C24H19N3O4. The molecule has 1 atom stereocenters. The van der Waals surface area contributed by atoms with Gasteiger partial charge in [0, 0.05) is 11.3 Å². The van der Waals surface area contributed by atoms with E-state index in [0.29, 0.717) is 16.8 Å². The van der Waals surface area contributed by atoms with Crippen molar-refractivity contribution in [3.05, 3.63) is 88.4 Å². The van der Waals surface area contributed by atoms with E-state index in [1.165, 1.54) is 19.1 Å². The van der Waals surface area contributed by atoms with Crippen molar-refractivity contribution in [2.24, 2.45) is 5.73 Å². The maximum Gasteiger partial charge on any atom is 0.355 e. The minimum Gasteiger partial charge on any atom is -0.466 e. The van der Waals surface area contributed by atoms with E-state index in [9.17, 15) is 14.9 Å². The first kappa shape index (κ1) is 21.2. The third-order valence-corrected chi connectivity index (χ3v) is 4.88. The molecule has 0 aliphatic carbocycles. The maximum absolute atomic E-state index is 12.9. The molecule has 1 unspecified atom stereocenters. The Hall–Kier alpha value is -4.49. The number of rotatable bonds is 4. The largest absolute Gasteiger partial charge is 0.466 e. The second kappa shape index (κ2) is 8.89. The number of ether oxygens (including phenoxy) is 2. The Labute approximate surface area is 180 Å². The molecule has 3 rings (SSSR count). The summed E-state index contributed by atoms with van der Waals surface area (Å²) in [5, 5.41) is 9.98. The molecule has 1 heterocycles. The quantitative estimate of drug-likeness (QED) is 0.607. The zero-order valence-corrected chi connectivity index (χ0v) is 17.0. The molecule has 2 aromatic carbocycles. The number of benzene rings is 2. The molecule has 7 heteroatoms. The van der Waals surface area contributed by atoms with Gasteiger partial charge in [-0.25, -0.2) is 9.59 Å². The fraction of sp³-hybridized carbons (Fsp3) is 0.125. The Morgan fingerprint density at radius 2 is 1.74 bits per heavy atom. The van der Waals surface area contributed by atoms with Crippen molar-refractivity contribution < 1.29 is 19.1 Å². The first-order valence-corrected chi connectivity index (χ1v) is 9.20. The SMILES string of the molecule is C#Cc1cccc(N2C(N)=C(C#N)C(c3ccccc3)C(C(=O)OC)=C2C(=O)OC)c1. The fourth-order valence-corrected chi connectivity index (χ4v) is 3.52. The number of hydrogen-bond donors (Lipinski definition) is 1. The van der Waals surface area contributed by atoms with Crippen LogP contribution in [0.5, 0.6) is 0 Å². The van der Waals surface area contributed by atoms with Crippen LogP contribution in [0.1, 0.15) is 17.0 Å². The van der Waals surface area contributed by atoms with Gasteiger partial charge in [-0.3, -0.25) is 4.90 Å². The molecule has 1 aliphatic rings. The zero-order chi connectivity index (χ0) is 22.5. The minimum absolute atomic E-state index is 0.0152. The summed E-state index contributed by atoms with van der Waals surface area (Å²) in [6.07, 6.45) is 5.51. The van der Waals surface area contributed by atoms with Crippen LogP contribution in [0.2, 0.25) is 0 Å². The van der Waals surface area contributed by atoms with Crippen molar-refractivity contribution in [1.29, 1.82) is 5.26 Å². The summed E-state index contributed by atoms with van der Waals surface area (Å²) < 4.78 is 9.96. The van der Waals surface area contributed by atoms with E-state index < -0.39 is 17.9 Å². The van der Waals surface area contributed by atoms with Crippen LogP contribution in [0.15, 0.2) is 77.3 Å². The van der Waals surface area contributed by atoms with Gasteiger partial charge in [0.05, 0.1) is 37.4 Å².